The minimum absolute atomic E-state index is 0.00921. The number of nitrogens with zero attached hydrogens (tertiary/aromatic N) is 1. The van der Waals surface area contributed by atoms with E-state index in [-0.39, 0.29) is 30.2 Å². The van der Waals surface area contributed by atoms with Gasteiger partial charge in [0.2, 0.25) is 22.7 Å². The first kappa shape index (κ1) is 23.5. The van der Waals surface area contributed by atoms with Gasteiger partial charge in [0, 0.05) is 18.3 Å². The Morgan fingerprint density at radius 3 is 2.55 bits per heavy atom. The fraction of sp³-hybridized carbons (Fsp3) is 0.458. The van der Waals surface area contributed by atoms with E-state index in [0.717, 1.165) is 29.9 Å². The van der Waals surface area contributed by atoms with Crippen LogP contribution in [0.1, 0.15) is 38.7 Å². The van der Waals surface area contributed by atoms with Crippen molar-refractivity contribution in [3.05, 3.63) is 48.0 Å². The topological polar surface area (TPSA) is 111 Å². The second kappa shape index (κ2) is 9.70. The van der Waals surface area contributed by atoms with Crippen LogP contribution in [0.25, 0.3) is 0 Å². The average Bonchev–Trinajstić information content (AvgIpc) is 3.23. The number of amides is 1. The molecule has 3 atom stereocenters. The third-order valence-electron chi connectivity index (χ3n) is 6.77. The van der Waals surface area contributed by atoms with Crippen molar-refractivity contribution in [1.29, 1.82) is 0 Å². The highest BCUT2D eigenvalue weighted by Gasteiger charge is 2.32. The van der Waals surface area contributed by atoms with E-state index >= 15 is 0 Å². The number of carbonyl (C=O) groups is 1. The fourth-order valence-corrected chi connectivity index (χ4v) is 5.26. The minimum atomic E-state index is -3.77. The van der Waals surface area contributed by atoms with E-state index < -0.39 is 10.0 Å². The Hall–Kier alpha value is -2.62. The van der Waals surface area contributed by atoms with Crippen molar-refractivity contribution in [2.75, 3.05) is 18.7 Å². The van der Waals surface area contributed by atoms with Crippen LogP contribution in [0.3, 0.4) is 0 Å². The highest BCUT2D eigenvalue weighted by atomic mass is 32.2. The van der Waals surface area contributed by atoms with Crippen LogP contribution in [0, 0.1) is 11.8 Å². The summed E-state index contributed by atoms with van der Waals surface area (Å²) in [6, 6.07) is 12.1. The van der Waals surface area contributed by atoms with Gasteiger partial charge in [0.05, 0.1) is 11.4 Å². The molecule has 1 aliphatic heterocycles. The normalized spacial score (nSPS) is 22.4. The fourth-order valence-electron chi connectivity index (χ4n) is 4.75. The molecule has 0 spiro atoms. The molecule has 178 valence electrons. The molecule has 8 nitrogen and oxygen atoms in total. The van der Waals surface area contributed by atoms with Gasteiger partial charge in [-0.1, -0.05) is 32.8 Å². The van der Waals surface area contributed by atoms with Gasteiger partial charge in [-0.3, -0.25) is 9.69 Å². The summed E-state index contributed by atoms with van der Waals surface area (Å²) in [5.41, 5.74) is 1.59. The van der Waals surface area contributed by atoms with Crippen LogP contribution in [0.5, 0.6) is 11.5 Å². The van der Waals surface area contributed by atoms with Crippen molar-refractivity contribution >= 4 is 21.6 Å². The zero-order chi connectivity index (χ0) is 23.6. The predicted octanol–water partition coefficient (Wildman–Crippen LogP) is 3.33. The number of primary sulfonamides is 1. The van der Waals surface area contributed by atoms with E-state index in [9.17, 15) is 13.2 Å². The molecule has 9 heteroatoms. The van der Waals surface area contributed by atoms with Gasteiger partial charge in [0.25, 0.3) is 0 Å². The van der Waals surface area contributed by atoms with Crippen molar-refractivity contribution in [3.63, 3.8) is 0 Å². The summed E-state index contributed by atoms with van der Waals surface area (Å²) in [6.07, 6.45) is 3.40. The minimum Gasteiger partial charge on any atom is -0.454 e. The molecule has 1 amide bonds. The highest BCUT2D eigenvalue weighted by molar-refractivity contribution is 7.89. The maximum atomic E-state index is 13.0. The molecule has 2 aromatic rings. The predicted molar refractivity (Wildman–Crippen MR) is 125 cm³/mol. The van der Waals surface area contributed by atoms with E-state index in [1.807, 2.05) is 18.2 Å². The number of anilines is 1. The van der Waals surface area contributed by atoms with Gasteiger partial charge >= 0.3 is 0 Å². The van der Waals surface area contributed by atoms with Gasteiger partial charge in [-0.2, -0.15) is 0 Å². The number of benzene rings is 2. The Morgan fingerprint density at radius 1 is 1.09 bits per heavy atom. The molecule has 0 bridgehead atoms. The molecule has 1 heterocycles. The van der Waals surface area contributed by atoms with Crippen molar-refractivity contribution in [1.82, 2.24) is 4.90 Å². The quantitative estimate of drug-likeness (QED) is 0.638. The molecule has 0 saturated heterocycles. The van der Waals surface area contributed by atoms with Crippen LogP contribution >= 0.6 is 0 Å². The third-order valence-corrected chi connectivity index (χ3v) is 7.70. The van der Waals surface area contributed by atoms with Crippen molar-refractivity contribution < 1.29 is 22.7 Å². The maximum Gasteiger partial charge on any atom is 0.238 e. The van der Waals surface area contributed by atoms with Crippen LogP contribution in [-0.2, 0) is 21.4 Å². The summed E-state index contributed by atoms with van der Waals surface area (Å²) in [7, 11) is -3.77. The Kier molecular flexibility index (Phi) is 6.92. The van der Waals surface area contributed by atoms with Crippen LogP contribution in [0.4, 0.5) is 5.69 Å². The van der Waals surface area contributed by atoms with Crippen LogP contribution in [0.15, 0.2) is 47.4 Å². The number of sulfonamides is 1. The average molecular weight is 474 g/mol. The molecule has 1 saturated carbocycles. The van der Waals surface area contributed by atoms with Crippen molar-refractivity contribution in [2.45, 2.75) is 50.6 Å². The summed E-state index contributed by atoms with van der Waals surface area (Å²) in [5.74, 6) is 2.39. The SMILES string of the molecule is C[C@H]1[C@H](C)CCC[C@H]1N(CC(=O)Nc1ccc(S(N)(=O)=O)cc1)Cc1ccc2c(c1)OCO2. The van der Waals surface area contributed by atoms with E-state index in [0.29, 0.717) is 24.1 Å². The lowest BCUT2D eigenvalue weighted by molar-refractivity contribution is -0.118. The van der Waals surface area contributed by atoms with E-state index in [4.69, 9.17) is 14.6 Å². The third kappa shape index (κ3) is 5.66. The number of nitrogens with two attached hydrogens (primary N) is 1. The first-order valence-corrected chi connectivity index (χ1v) is 12.8. The molecule has 33 heavy (non-hydrogen) atoms. The van der Waals surface area contributed by atoms with Gasteiger partial charge in [-0.25, -0.2) is 13.6 Å². The molecule has 1 fully saturated rings. The van der Waals surface area contributed by atoms with Gasteiger partial charge in [-0.05, 0) is 60.2 Å². The smallest absolute Gasteiger partial charge is 0.238 e. The van der Waals surface area contributed by atoms with Crippen molar-refractivity contribution in [3.8, 4) is 11.5 Å². The lowest BCUT2D eigenvalue weighted by Gasteiger charge is -2.41. The summed E-state index contributed by atoms with van der Waals surface area (Å²) in [5, 5.41) is 8.03. The summed E-state index contributed by atoms with van der Waals surface area (Å²) in [6.45, 7) is 5.63. The molecule has 1 aliphatic carbocycles. The molecule has 0 unspecified atom stereocenters. The number of rotatable bonds is 7. The highest BCUT2D eigenvalue weighted by Crippen LogP contribution is 2.36. The number of carbonyl (C=O) groups excluding carboxylic acids is 1. The molecular formula is C24H31N3O5S. The molecule has 3 N–H and O–H groups in total. The number of nitrogens with one attached hydrogen (secondary N) is 1. The Labute approximate surface area is 195 Å². The first-order chi connectivity index (χ1) is 15.7. The van der Waals surface area contributed by atoms with Crippen LogP contribution < -0.4 is 19.9 Å². The summed E-state index contributed by atoms with van der Waals surface area (Å²) < 4.78 is 33.9. The van der Waals surface area contributed by atoms with Crippen LogP contribution in [0.2, 0.25) is 0 Å². The number of hydrogen-bond acceptors (Lipinski definition) is 6. The summed E-state index contributed by atoms with van der Waals surface area (Å²) in [4.78, 5) is 15.2. The lowest BCUT2D eigenvalue weighted by atomic mass is 9.77. The van der Waals surface area contributed by atoms with Gasteiger partial charge in [0.1, 0.15) is 0 Å². The first-order valence-electron chi connectivity index (χ1n) is 11.3. The number of ether oxygens (including phenoxy) is 2. The van der Waals surface area contributed by atoms with Gasteiger partial charge < -0.3 is 14.8 Å². The number of fused-ring (bicyclic) bond motifs is 1. The monoisotopic (exact) mass is 473 g/mol. The van der Waals surface area contributed by atoms with Crippen molar-refractivity contribution in [2.24, 2.45) is 17.0 Å². The Bertz CT molecular complexity index is 1100. The molecule has 0 aromatic heterocycles. The van der Waals surface area contributed by atoms with E-state index in [1.165, 1.54) is 18.6 Å². The summed E-state index contributed by atoms with van der Waals surface area (Å²) >= 11 is 0. The molecule has 4 rings (SSSR count). The molecular weight excluding hydrogens is 442 g/mol. The zero-order valence-corrected chi connectivity index (χ0v) is 19.8. The standard InChI is InChI=1S/C24H31N3O5S/c1-16-4-3-5-21(17(16)2)27(13-18-6-11-22-23(12-18)32-15-31-22)14-24(28)26-19-7-9-20(10-8-19)33(25,29)30/h6-12,16-17,21H,3-5,13-15H2,1-2H3,(H,26,28)(H2,25,29,30)/t16-,17+,21-/m1/s1. The lowest BCUT2D eigenvalue weighted by Crippen LogP contribution is -2.46. The second-order valence-corrected chi connectivity index (χ2v) is 10.6. The second-order valence-electron chi connectivity index (χ2n) is 9.04. The zero-order valence-electron chi connectivity index (χ0n) is 19.0. The van der Waals surface area contributed by atoms with E-state index in [1.54, 1.807) is 12.1 Å². The maximum absolute atomic E-state index is 13.0. The van der Waals surface area contributed by atoms with Crippen LogP contribution in [-0.4, -0.2) is 38.6 Å². The van der Waals surface area contributed by atoms with E-state index in [2.05, 4.69) is 24.1 Å². The Balaban J connectivity index is 1.49. The largest absolute Gasteiger partial charge is 0.454 e. The Morgan fingerprint density at radius 2 is 1.82 bits per heavy atom. The molecule has 2 aliphatic rings. The number of hydrogen-bond donors (Lipinski definition) is 2. The van der Waals surface area contributed by atoms with Gasteiger partial charge in [0.15, 0.2) is 11.5 Å². The molecule has 0 radical (unpaired) electrons. The van der Waals surface area contributed by atoms with Gasteiger partial charge in [-0.15, -0.1) is 0 Å². The molecule has 2 aromatic carbocycles.